The number of benzene rings is 3. The van der Waals surface area contributed by atoms with E-state index in [1.54, 1.807) is 24.3 Å². The Morgan fingerprint density at radius 1 is 0.900 bits per heavy atom. The third-order valence-electron chi connectivity index (χ3n) is 5.24. The van der Waals surface area contributed by atoms with Gasteiger partial charge in [-0.05, 0) is 61.9 Å². The molecule has 4 rings (SSSR count). The van der Waals surface area contributed by atoms with E-state index in [1.165, 1.54) is 0 Å². The van der Waals surface area contributed by atoms with Gasteiger partial charge in [-0.2, -0.15) is 0 Å². The van der Waals surface area contributed by atoms with Crippen molar-refractivity contribution in [1.29, 1.82) is 0 Å². The number of sulfonamides is 1. The molecule has 6 heteroatoms. The number of hydrogen-bond donors (Lipinski definition) is 1. The fourth-order valence-electron chi connectivity index (χ4n) is 3.72. The topological polar surface area (TPSA) is 60.3 Å². The summed E-state index contributed by atoms with van der Waals surface area (Å²) >= 11 is 0. The summed E-state index contributed by atoms with van der Waals surface area (Å²) in [6, 6.07) is 20.4. The Balaban J connectivity index is 1.62. The summed E-state index contributed by atoms with van der Waals surface area (Å²) in [4.78, 5) is 0.210. The monoisotopic (exact) mass is 422 g/mol. The molecule has 3 aromatic carbocycles. The van der Waals surface area contributed by atoms with Crippen LogP contribution in [0.2, 0.25) is 0 Å². The van der Waals surface area contributed by atoms with Gasteiger partial charge in [0.1, 0.15) is 5.75 Å². The number of ether oxygens (including phenoxy) is 1. The van der Waals surface area contributed by atoms with E-state index in [1.807, 2.05) is 30.3 Å². The second-order valence-electron chi connectivity index (χ2n) is 7.27. The zero-order valence-electron chi connectivity index (χ0n) is 17.3. The SMILES string of the molecule is CCCCOc1ccc(S(=O)(=O)Nc2ccc3c(c2)c2ccccc2n3CC)cc1. The third kappa shape index (κ3) is 3.87. The molecule has 0 aliphatic carbocycles. The second-order valence-corrected chi connectivity index (χ2v) is 8.95. The molecule has 0 spiro atoms. The summed E-state index contributed by atoms with van der Waals surface area (Å²) in [6.07, 6.45) is 2.02. The smallest absolute Gasteiger partial charge is 0.261 e. The lowest BCUT2D eigenvalue weighted by molar-refractivity contribution is 0.309. The first-order chi connectivity index (χ1) is 14.5. The lowest BCUT2D eigenvalue weighted by Gasteiger charge is -2.10. The van der Waals surface area contributed by atoms with Crippen LogP contribution < -0.4 is 9.46 Å². The van der Waals surface area contributed by atoms with Gasteiger partial charge < -0.3 is 9.30 Å². The Morgan fingerprint density at radius 2 is 1.63 bits per heavy atom. The molecule has 0 amide bonds. The van der Waals surface area contributed by atoms with E-state index in [0.717, 1.165) is 41.2 Å². The summed E-state index contributed by atoms with van der Waals surface area (Å²) < 4.78 is 36.3. The molecular formula is C24H26N2O3S. The first-order valence-corrected chi connectivity index (χ1v) is 11.8. The molecular weight excluding hydrogens is 396 g/mol. The lowest BCUT2D eigenvalue weighted by Crippen LogP contribution is -2.12. The largest absolute Gasteiger partial charge is 0.494 e. The maximum atomic E-state index is 12.9. The molecule has 1 aromatic heterocycles. The highest BCUT2D eigenvalue weighted by atomic mass is 32.2. The summed E-state index contributed by atoms with van der Waals surface area (Å²) in [5.41, 5.74) is 2.79. The van der Waals surface area contributed by atoms with Crippen molar-refractivity contribution < 1.29 is 13.2 Å². The average Bonchev–Trinajstić information content (AvgIpc) is 3.07. The standard InChI is InChI=1S/C24H26N2O3S/c1-3-5-16-29-19-11-13-20(14-12-19)30(27,28)25-18-10-15-24-22(17-18)21-8-6-7-9-23(21)26(24)4-2/h6-15,17,25H,3-5,16H2,1-2H3. The number of fused-ring (bicyclic) bond motifs is 3. The van der Waals surface area contributed by atoms with E-state index in [2.05, 4.69) is 35.3 Å². The Morgan fingerprint density at radius 3 is 2.37 bits per heavy atom. The van der Waals surface area contributed by atoms with Crippen molar-refractivity contribution >= 4 is 37.5 Å². The van der Waals surface area contributed by atoms with Crippen molar-refractivity contribution in [1.82, 2.24) is 4.57 Å². The van der Waals surface area contributed by atoms with Gasteiger partial charge in [-0.15, -0.1) is 0 Å². The lowest BCUT2D eigenvalue weighted by atomic mass is 10.1. The van der Waals surface area contributed by atoms with Gasteiger partial charge in [0, 0.05) is 34.0 Å². The summed E-state index contributed by atoms with van der Waals surface area (Å²) in [6.45, 7) is 5.69. The molecule has 0 aliphatic heterocycles. The minimum Gasteiger partial charge on any atom is -0.494 e. The van der Waals surface area contributed by atoms with Crippen LogP contribution in [0, 0.1) is 0 Å². The van der Waals surface area contributed by atoms with E-state index >= 15 is 0 Å². The van der Waals surface area contributed by atoms with Crippen molar-refractivity contribution in [2.75, 3.05) is 11.3 Å². The number of nitrogens with one attached hydrogen (secondary N) is 1. The number of hydrogen-bond acceptors (Lipinski definition) is 3. The zero-order valence-corrected chi connectivity index (χ0v) is 18.1. The van der Waals surface area contributed by atoms with E-state index in [0.29, 0.717) is 18.0 Å². The van der Waals surface area contributed by atoms with E-state index in [9.17, 15) is 8.42 Å². The summed E-state index contributed by atoms with van der Waals surface area (Å²) in [5, 5.41) is 2.15. The number of para-hydroxylation sites is 1. The maximum Gasteiger partial charge on any atom is 0.261 e. The van der Waals surface area contributed by atoms with Crippen molar-refractivity contribution in [3.63, 3.8) is 0 Å². The van der Waals surface area contributed by atoms with E-state index in [4.69, 9.17) is 4.74 Å². The minimum absolute atomic E-state index is 0.210. The highest BCUT2D eigenvalue weighted by Gasteiger charge is 2.16. The zero-order chi connectivity index (χ0) is 21.1. The van der Waals surface area contributed by atoms with Crippen molar-refractivity contribution in [3.8, 4) is 5.75 Å². The van der Waals surface area contributed by atoms with Gasteiger partial charge in [0.15, 0.2) is 0 Å². The molecule has 5 nitrogen and oxygen atoms in total. The minimum atomic E-state index is -3.69. The average molecular weight is 423 g/mol. The Hall–Kier alpha value is -2.99. The van der Waals surface area contributed by atoms with Crippen LogP contribution in [-0.4, -0.2) is 19.6 Å². The molecule has 0 fully saturated rings. The van der Waals surface area contributed by atoms with Gasteiger partial charge in [-0.1, -0.05) is 31.5 Å². The van der Waals surface area contributed by atoms with Gasteiger partial charge in [0.05, 0.1) is 11.5 Å². The van der Waals surface area contributed by atoms with Crippen LogP contribution in [0.1, 0.15) is 26.7 Å². The van der Waals surface area contributed by atoms with Gasteiger partial charge >= 0.3 is 0 Å². The predicted octanol–water partition coefficient (Wildman–Crippen LogP) is 5.79. The molecule has 1 heterocycles. The van der Waals surface area contributed by atoms with Gasteiger partial charge in [0.25, 0.3) is 10.0 Å². The predicted molar refractivity (Wildman–Crippen MR) is 123 cm³/mol. The fraction of sp³-hybridized carbons (Fsp3) is 0.250. The molecule has 0 unspecified atom stereocenters. The quantitative estimate of drug-likeness (QED) is 0.365. The molecule has 0 saturated carbocycles. The number of rotatable bonds is 8. The van der Waals surface area contributed by atoms with Gasteiger partial charge in [-0.3, -0.25) is 4.72 Å². The summed E-state index contributed by atoms with van der Waals surface area (Å²) in [7, 11) is -3.69. The number of unbranched alkanes of at least 4 members (excludes halogenated alkanes) is 1. The number of aromatic nitrogens is 1. The molecule has 0 saturated heterocycles. The normalized spacial score (nSPS) is 11.8. The highest BCUT2D eigenvalue weighted by molar-refractivity contribution is 7.92. The highest BCUT2D eigenvalue weighted by Crippen LogP contribution is 2.31. The van der Waals surface area contributed by atoms with Crippen LogP contribution in [0.4, 0.5) is 5.69 Å². The molecule has 0 atom stereocenters. The fourth-order valence-corrected chi connectivity index (χ4v) is 4.77. The maximum absolute atomic E-state index is 12.9. The van der Waals surface area contributed by atoms with Crippen LogP contribution in [0.3, 0.4) is 0 Å². The summed E-state index contributed by atoms with van der Waals surface area (Å²) in [5.74, 6) is 0.677. The van der Waals surface area contributed by atoms with Gasteiger partial charge in [-0.25, -0.2) is 8.42 Å². The molecule has 156 valence electrons. The first kappa shape index (κ1) is 20.3. The third-order valence-corrected chi connectivity index (χ3v) is 6.64. The van der Waals surface area contributed by atoms with Crippen LogP contribution in [0.15, 0.2) is 71.6 Å². The van der Waals surface area contributed by atoms with Crippen LogP contribution in [0.25, 0.3) is 21.8 Å². The second kappa shape index (κ2) is 8.40. The Kier molecular flexibility index (Phi) is 5.68. The Bertz CT molecular complexity index is 1280. The molecule has 0 aliphatic rings. The van der Waals surface area contributed by atoms with Crippen LogP contribution in [0.5, 0.6) is 5.75 Å². The van der Waals surface area contributed by atoms with E-state index < -0.39 is 10.0 Å². The molecule has 1 N–H and O–H groups in total. The van der Waals surface area contributed by atoms with Gasteiger partial charge in [0.2, 0.25) is 0 Å². The van der Waals surface area contributed by atoms with E-state index in [-0.39, 0.29) is 4.90 Å². The van der Waals surface area contributed by atoms with Crippen molar-refractivity contribution in [2.24, 2.45) is 0 Å². The number of anilines is 1. The first-order valence-electron chi connectivity index (χ1n) is 10.3. The number of nitrogens with zero attached hydrogens (tertiary/aromatic N) is 1. The Labute approximate surface area is 177 Å². The van der Waals surface area contributed by atoms with Crippen molar-refractivity contribution in [2.45, 2.75) is 38.1 Å². The number of aryl methyl sites for hydroxylation is 1. The van der Waals surface area contributed by atoms with Crippen LogP contribution >= 0.6 is 0 Å². The van der Waals surface area contributed by atoms with Crippen molar-refractivity contribution in [3.05, 3.63) is 66.7 Å². The van der Waals surface area contributed by atoms with Crippen LogP contribution in [-0.2, 0) is 16.6 Å². The molecule has 0 radical (unpaired) electrons. The molecule has 30 heavy (non-hydrogen) atoms. The molecule has 0 bridgehead atoms. The molecule has 4 aromatic rings.